The SMILES string of the molecule is CC(C)(C)/C=N/C(n1nnc2ccccc21)C(C)(C)C. The van der Waals surface area contributed by atoms with Gasteiger partial charge in [-0.3, -0.25) is 4.99 Å². The Kier molecular flexibility index (Phi) is 3.67. The molecule has 0 aliphatic carbocycles. The molecule has 20 heavy (non-hydrogen) atoms. The number of para-hydroxylation sites is 1. The molecule has 2 aromatic rings. The molecule has 0 saturated carbocycles. The lowest BCUT2D eigenvalue weighted by Crippen LogP contribution is -2.25. The van der Waals surface area contributed by atoms with Gasteiger partial charge in [-0.25, -0.2) is 4.68 Å². The number of nitrogens with zero attached hydrogens (tertiary/aromatic N) is 4. The molecule has 108 valence electrons. The molecule has 1 aromatic heterocycles. The fourth-order valence-corrected chi connectivity index (χ4v) is 2.02. The minimum atomic E-state index is -0.0610. The summed E-state index contributed by atoms with van der Waals surface area (Å²) < 4.78 is 1.93. The van der Waals surface area contributed by atoms with Crippen molar-refractivity contribution in [1.29, 1.82) is 0 Å². The standard InChI is InChI=1S/C16H24N4/c1-15(2,3)11-17-14(16(4,5)6)20-13-10-8-7-9-12(13)18-19-20/h7-11,14H,1-6H3/b17-11+. The van der Waals surface area contributed by atoms with Gasteiger partial charge < -0.3 is 0 Å². The number of aliphatic imine (C=N–C) groups is 1. The van der Waals surface area contributed by atoms with E-state index in [1.54, 1.807) is 0 Å². The molecule has 4 nitrogen and oxygen atoms in total. The van der Waals surface area contributed by atoms with Gasteiger partial charge in [0.05, 0.1) is 5.52 Å². The molecular weight excluding hydrogens is 248 g/mol. The maximum Gasteiger partial charge on any atom is 0.148 e. The highest BCUT2D eigenvalue weighted by atomic mass is 15.5. The summed E-state index contributed by atoms with van der Waals surface area (Å²) in [7, 11) is 0. The molecule has 0 bridgehead atoms. The lowest BCUT2D eigenvalue weighted by atomic mass is 9.91. The highest BCUT2D eigenvalue weighted by molar-refractivity contribution is 5.74. The Hall–Kier alpha value is -1.71. The lowest BCUT2D eigenvalue weighted by molar-refractivity contribution is 0.235. The lowest BCUT2D eigenvalue weighted by Gasteiger charge is -2.28. The van der Waals surface area contributed by atoms with Crippen LogP contribution in [0.15, 0.2) is 29.3 Å². The average molecular weight is 272 g/mol. The van der Waals surface area contributed by atoms with Crippen molar-refractivity contribution in [1.82, 2.24) is 15.0 Å². The summed E-state index contributed by atoms with van der Waals surface area (Å²) in [6, 6.07) is 8.01. The van der Waals surface area contributed by atoms with Crippen molar-refractivity contribution in [3.63, 3.8) is 0 Å². The number of rotatable bonds is 2. The largest absolute Gasteiger partial charge is 0.270 e. The predicted octanol–water partition coefficient (Wildman–Crippen LogP) is 4.09. The molecule has 1 atom stereocenters. The maximum absolute atomic E-state index is 4.79. The first kappa shape index (κ1) is 14.7. The van der Waals surface area contributed by atoms with Crippen LogP contribution in [0.1, 0.15) is 47.7 Å². The van der Waals surface area contributed by atoms with Crippen LogP contribution < -0.4 is 0 Å². The van der Waals surface area contributed by atoms with Crippen molar-refractivity contribution in [2.24, 2.45) is 15.8 Å². The number of aromatic nitrogens is 3. The smallest absolute Gasteiger partial charge is 0.148 e. The van der Waals surface area contributed by atoms with Gasteiger partial charge in [-0.1, -0.05) is 58.9 Å². The zero-order valence-corrected chi connectivity index (χ0v) is 13.3. The summed E-state index contributed by atoms with van der Waals surface area (Å²) >= 11 is 0. The summed E-state index contributed by atoms with van der Waals surface area (Å²) in [5.41, 5.74) is 1.96. The van der Waals surface area contributed by atoms with Crippen molar-refractivity contribution in [3.05, 3.63) is 24.3 Å². The second-order valence-corrected chi connectivity index (χ2v) is 7.41. The molecule has 1 aromatic carbocycles. The van der Waals surface area contributed by atoms with E-state index >= 15 is 0 Å². The van der Waals surface area contributed by atoms with E-state index in [2.05, 4.69) is 51.9 Å². The van der Waals surface area contributed by atoms with Crippen LogP contribution in [0.5, 0.6) is 0 Å². The third-order valence-corrected chi connectivity index (χ3v) is 2.99. The van der Waals surface area contributed by atoms with Crippen LogP contribution in [-0.4, -0.2) is 21.2 Å². The van der Waals surface area contributed by atoms with Gasteiger partial charge in [-0.2, -0.15) is 0 Å². The Morgan fingerprint density at radius 1 is 1.10 bits per heavy atom. The molecule has 0 saturated heterocycles. The van der Waals surface area contributed by atoms with Gasteiger partial charge in [-0.05, 0) is 17.5 Å². The van der Waals surface area contributed by atoms with Gasteiger partial charge in [0.25, 0.3) is 0 Å². The molecule has 1 unspecified atom stereocenters. The Morgan fingerprint density at radius 3 is 2.35 bits per heavy atom. The Morgan fingerprint density at radius 2 is 1.75 bits per heavy atom. The van der Waals surface area contributed by atoms with Crippen LogP contribution in [0.2, 0.25) is 0 Å². The van der Waals surface area contributed by atoms with Gasteiger partial charge in [-0.15, -0.1) is 5.10 Å². The van der Waals surface area contributed by atoms with E-state index in [4.69, 9.17) is 4.99 Å². The number of fused-ring (bicyclic) bond motifs is 1. The monoisotopic (exact) mass is 272 g/mol. The van der Waals surface area contributed by atoms with Crippen LogP contribution in [0, 0.1) is 10.8 Å². The number of benzene rings is 1. The average Bonchev–Trinajstić information content (AvgIpc) is 2.70. The molecular formula is C16H24N4. The van der Waals surface area contributed by atoms with E-state index in [-0.39, 0.29) is 17.0 Å². The highest BCUT2D eigenvalue weighted by Gasteiger charge is 2.28. The molecule has 0 N–H and O–H groups in total. The van der Waals surface area contributed by atoms with Crippen molar-refractivity contribution in [2.75, 3.05) is 0 Å². The Bertz CT molecular complexity index is 611. The molecule has 0 radical (unpaired) electrons. The van der Waals surface area contributed by atoms with Gasteiger partial charge >= 0.3 is 0 Å². The van der Waals surface area contributed by atoms with Crippen molar-refractivity contribution in [2.45, 2.75) is 47.7 Å². The third-order valence-electron chi connectivity index (χ3n) is 2.99. The summed E-state index contributed by atoms with van der Waals surface area (Å²) in [5.74, 6) is 0. The summed E-state index contributed by atoms with van der Waals surface area (Å²) in [6.45, 7) is 13.0. The van der Waals surface area contributed by atoms with Crippen LogP contribution in [0.25, 0.3) is 11.0 Å². The van der Waals surface area contributed by atoms with Gasteiger partial charge in [0, 0.05) is 11.6 Å². The highest BCUT2D eigenvalue weighted by Crippen LogP contribution is 2.33. The first-order chi connectivity index (χ1) is 9.18. The quantitative estimate of drug-likeness (QED) is 0.773. The van der Waals surface area contributed by atoms with Crippen LogP contribution >= 0.6 is 0 Å². The van der Waals surface area contributed by atoms with Crippen molar-refractivity contribution < 1.29 is 0 Å². The first-order valence-electron chi connectivity index (χ1n) is 7.03. The Labute approximate surface area is 120 Å². The minimum Gasteiger partial charge on any atom is -0.270 e. The summed E-state index contributed by atoms with van der Waals surface area (Å²) in [5, 5.41) is 8.55. The minimum absolute atomic E-state index is 0.0295. The van der Waals surface area contributed by atoms with Gasteiger partial charge in [0.2, 0.25) is 0 Å². The van der Waals surface area contributed by atoms with Gasteiger partial charge in [0.15, 0.2) is 0 Å². The van der Waals surface area contributed by atoms with E-state index < -0.39 is 0 Å². The molecule has 2 rings (SSSR count). The predicted molar refractivity (Wildman–Crippen MR) is 84.0 cm³/mol. The van der Waals surface area contributed by atoms with Crippen LogP contribution in [-0.2, 0) is 0 Å². The first-order valence-corrected chi connectivity index (χ1v) is 7.03. The van der Waals surface area contributed by atoms with E-state index in [0.29, 0.717) is 0 Å². The second-order valence-electron chi connectivity index (χ2n) is 7.41. The van der Waals surface area contributed by atoms with Crippen LogP contribution in [0.4, 0.5) is 0 Å². The fraction of sp³-hybridized carbons (Fsp3) is 0.562. The summed E-state index contributed by atoms with van der Waals surface area (Å²) in [6.07, 6.45) is 1.95. The molecule has 0 amide bonds. The Balaban J connectivity index is 2.50. The summed E-state index contributed by atoms with van der Waals surface area (Å²) in [4.78, 5) is 4.79. The van der Waals surface area contributed by atoms with Crippen molar-refractivity contribution in [3.8, 4) is 0 Å². The van der Waals surface area contributed by atoms with Crippen LogP contribution in [0.3, 0.4) is 0 Å². The maximum atomic E-state index is 4.79. The zero-order chi connectivity index (χ0) is 15.0. The van der Waals surface area contributed by atoms with E-state index in [1.807, 2.05) is 35.2 Å². The van der Waals surface area contributed by atoms with Gasteiger partial charge in [0.1, 0.15) is 11.7 Å². The topological polar surface area (TPSA) is 43.1 Å². The molecule has 1 heterocycles. The fourth-order valence-electron chi connectivity index (χ4n) is 2.02. The second kappa shape index (κ2) is 5.00. The number of hydrogen-bond acceptors (Lipinski definition) is 3. The zero-order valence-electron chi connectivity index (χ0n) is 13.3. The van der Waals surface area contributed by atoms with E-state index in [1.165, 1.54) is 0 Å². The third kappa shape index (κ3) is 3.24. The molecule has 0 aliphatic rings. The number of hydrogen-bond donors (Lipinski definition) is 0. The molecule has 0 fully saturated rings. The normalized spacial score (nSPS) is 15.1. The molecule has 4 heteroatoms. The van der Waals surface area contributed by atoms with Crippen molar-refractivity contribution >= 4 is 17.2 Å². The van der Waals surface area contributed by atoms with E-state index in [9.17, 15) is 0 Å². The van der Waals surface area contributed by atoms with E-state index in [0.717, 1.165) is 11.0 Å². The molecule has 0 aliphatic heterocycles. The molecule has 0 spiro atoms.